The second-order valence-corrected chi connectivity index (χ2v) is 4.86. The summed E-state index contributed by atoms with van der Waals surface area (Å²) in [7, 11) is 0. The summed E-state index contributed by atoms with van der Waals surface area (Å²) in [6.07, 6.45) is 0. The van der Waals surface area contributed by atoms with Gasteiger partial charge in [0.15, 0.2) is 0 Å². The minimum Gasteiger partial charge on any atom is -0.0842 e. The maximum absolute atomic E-state index is 6.14. The zero-order valence-corrected chi connectivity index (χ0v) is 10.9. The molecule has 0 radical (unpaired) electrons. The van der Waals surface area contributed by atoms with Crippen molar-refractivity contribution in [2.45, 2.75) is 6.92 Å². The summed E-state index contributed by atoms with van der Waals surface area (Å²) >= 11 is 18.1. The first-order valence-electron chi connectivity index (χ1n) is 4.79. The van der Waals surface area contributed by atoms with Crippen LogP contribution in [0.4, 0.5) is 0 Å². The molecule has 0 aliphatic heterocycles. The number of hydrogen-bond donors (Lipinski definition) is 0. The lowest BCUT2D eigenvalue weighted by Gasteiger charge is -2.08. The van der Waals surface area contributed by atoms with Crippen LogP contribution < -0.4 is 0 Å². The first-order valence-corrected chi connectivity index (χ1v) is 5.93. The molecule has 0 saturated carbocycles. The molecule has 0 aliphatic rings. The maximum atomic E-state index is 6.14. The zero-order valence-electron chi connectivity index (χ0n) is 8.60. The smallest absolute Gasteiger partial charge is 0.0514 e. The standard InChI is InChI=1S/C13H9Cl3/c1-8-2-4-9(5-3-8)13-11(15)6-10(14)7-12(13)16/h2-7H,1H3. The highest BCUT2D eigenvalue weighted by Crippen LogP contribution is 2.37. The Hall–Kier alpha value is -0.690. The van der Waals surface area contributed by atoms with Gasteiger partial charge in [0.25, 0.3) is 0 Å². The van der Waals surface area contributed by atoms with E-state index in [2.05, 4.69) is 0 Å². The highest BCUT2D eigenvalue weighted by Gasteiger charge is 2.09. The van der Waals surface area contributed by atoms with Crippen LogP contribution in [0.3, 0.4) is 0 Å². The molecule has 0 atom stereocenters. The molecule has 3 heteroatoms. The summed E-state index contributed by atoms with van der Waals surface area (Å²) in [6.45, 7) is 2.04. The molecule has 0 unspecified atom stereocenters. The monoisotopic (exact) mass is 270 g/mol. The van der Waals surface area contributed by atoms with Crippen LogP contribution in [0.5, 0.6) is 0 Å². The quantitative estimate of drug-likeness (QED) is 0.631. The first-order chi connectivity index (χ1) is 7.58. The lowest BCUT2D eigenvalue weighted by Crippen LogP contribution is -1.82. The fourth-order valence-corrected chi connectivity index (χ4v) is 2.57. The zero-order chi connectivity index (χ0) is 11.7. The Labute approximate surface area is 110 Å². The Kier molecular flexibility index (Phi) is 3.44. The van der Waals surface area contributed by atoms with Crippen LogP contribution in [-0.2, 0) is 0 Å². The van der Waals surface area contributed by atoms with E-state index in [1.54, 1.807) is 12.1 Å². The van der Waals surface area contributed by atoms with E-state index in [1.807, 2.05) is 31.2 Å². The van der Waals surface area contributed by atoms with Gasteiger partial charge < -0.3 is 0 Å². The van der Waals surface area contributed by atoms with Gasteiger partial charge in [0.1, 0.15) is 0 Å². The van der Waals surface area contributed by atoms with Gasteiger partial charge in [-0.15, -0.1) is 0 Å². The number of halogens is 3. The fraction of sp³-hybridized carbons (Fsp3) is 0.0769. The molecule has 0 nitrogen and oxygen atoms in total. The summed E-state index contributed by atoms with van der Waals surface area (Å²) in [5.74, 6) is 0. The van der Waals surface area contributed by atoms with Gasteiger partial charge in [-0.3, -0.25) is 0 Å². The predicted octanol–water partition coefficient (Wildman–Crippen LogP) is 5.62. The average Bonchev–Trinajstić information content (AvgIpc) is 2.19. The van der Waals surface area contributed by atoms with Crippen molar-refractivity contribution in [1.82, 2.24) is 0 Å². The van der Waals surface area contributed by atoms with Gasteiger partial charge in [-0.1, -0.05) is 64.6 Å². The van der Waals surface area contributed by atoms with E-state index >= 15 is 0 Å². The van der Waals surface area contributed by atoms with Crippen molar-refractivity contribution in [3.05, 3.63) is 57.0 Å². The first kappa shape index (κ1) is 11.8. The van der Waals surface area contributed by atoms with Crippen LogP contribution in [0.1, 0.15) is 5.56 Å². The van der Waals surface area contributed by atoms with Crippen LogP contribution in [-0.4, -0.2) is 0 Å². The van der Waals surface area contributed by atoms with Gasteiger partial charge in [-0.2, -0.15) is 0 Å². The van der Waals surface area contributed by atoms with Crippen molar-refractivity contribution in [2.75, 3.05) is 0 Å². The second-order valence-electron chi connectivity index (χ2n) is 3.61. The van der Waals surface area contributed by atoms with Gasteiger partial charge in [0.05, 0.1) is 10.0 Å². The normalized spacial score (nSPS) is 10.5. The van der Waals surface area contributed by atoms with Crippen LogP contribution in [0.15, 0.2) is 36.4 Å². The molecule has 0 spiro atoms. The molecular formula is C13H9Cl3. The molecule has 0 amide bonds. The van der Waals surface area contributed by atoms with Gasteiger partial charge in [0, 0.05) is 10.6 Å². The Morgan fingerprint density at radius 3 is 1.81 bits per heavy atom. The third-order valence-corrected chi connectivity index (χ3v) is 3.16. The van der Waals surface area contributed by atoms with Crippen molar-refractivity contribution in [2.24, 2.45) is 0 Å². The van der Waals surface area contributed by atoms with Gasteiger partial charge in [0.2, 0.25) is 0 Å². The Bertz CT molecular complexity index is 492. The molecule has 0 aromatic heterocycles. The van der Waals surface area contributed by atoms with E-state index in [0.29, 0.717) is 15.1 Å². The Morgan fingerprint density at radius 1 is 0.812 bits per heavy atom. The molecule has 2 rings (SSSR count). The van der Waals surface area contributed by atoms with E-state index in [0.717, 1.165) is 11.1 Å². The molecular weight excluding hydrogens is 263 g/mol. The van der Waals surface area contributed by atoms with Crippen molar-refractivity contribution >= 4 is 34.8 Å². The number of hydrogen-bond acceptors (Lipinski definition) is 0. The second kappa shape index (κ2) is 4.67. The van der Waals surface area contributed by atoms with Gasteiger partial charge in [-0.25, -0.2) is 0 Å². The lowest BCUT2D eigenvalue weighted by molar-refractivity contribution is 1.47. The van der Waals surface area contributed by atoms with E-state index in [1.165, 1.54) is 5.56 Å². The van der Waals surface area contributed by atoms with E-state index in [-0.39, 0.29) is 0 Å². The van der Waals surface area contributed by atoms with Crippen molar-refractivity contribution in [1.29, 1.82) is 0 Å². The summed E-state index contributed by atoms with van der Waals surface area (Å²) in [6, 6.07) is 11.4. The van der Waals surface area contributed by atoms with Crippen LogP contribution in [0, 0.1) is 6.92 Å². The summed E-state index contributed by atoms with van der Waals surface area (Å²) < 4.78 is 0. The third-order valence-electron chi connectivity index (χ3n) is 2.35. The molecule has 2 aromatic rings. The fourth-order valence-electron chi connectivity index (χ4n) is 1.54. The highest BCUT2D eigenvalue weighted by molar-refractivity contribution is 6.41. The van der Waals surface area contributed by atoms with Crippen molar-refractivity contribution in [3.8, 4) is 11.1 Å². The van der Waals surface area contributed by atoms with E-state index in [9.17, 15) is 0 Å². The van der Waals surface area contributed by atoms with Crippen LogP contribution >= 0.6 is 34.8 Å². The molecule has 0 N–H and O–H groups in total. The van der Waals surface area contributed by atoms with Crippen molar-refractivity contribution in [3.63, 3.8) is 0 Å². The number of benzene rings is 2. The molecule has 16 heavy (non-hydrogen) atoms. The van der Waals surface area contributed by atoms with Gasteiger partial charge in [-0.05, 0) is 24.6 Å². The van der Waals surface area contributed by atoms with Crippen LogP contribution in [0.2, 0.25) is 15.1 Å². The van der Waals surface area contributed by atoms with E-state index < -0.39 is 0 Å². The molecule has 0 bridgehead atoms. The summed E-state index contributed by atoms with van der Waals surface area (Å²) in [4.78, 5) is 0. The molecule has 2 aromatic carbocycles. The maximum Gasteiger partial charge on any atom is 0.0514 e. The third kappa shape index (κ3) is 2.35. The minimum absolute atomic E-state index is 0.547. The average molecular weight is 272 g/mol. The highest BCUT2D eigenvalue weighted by atomic mass is 35.5. The molecule has 0 saturated heterocycles. The summed E-state index contributed by atoms with van der Waals surface area (Å²) in [5, 5.41) is 1.69. The largest absolute Gasteiger partial charge is 0.0842 e. The minimum atomic E-state index is 0.547. The molecule has 82 valence electrons. The summed E-state index contributed by atoms with van der Waals surface area (Å²) in [5.41, 5.74) is 3.02. The molecule has 0 heterocycles. The van der Waals surface area contributed by atoms with Crippen molar-refractivity contribution < 1.29 is 0 Å². The Morgan fingerprint density at radius 2 is 1.31 bits per heavy atom. The molecule has 0 aliphatic carbocycles. The van der Waals surface area contributed by atoms with Crippen LogP contribution in [0.25, 0.3) is 11.1 Å². The lowest BCUT2D eigenvalue weighted by atomic mass is 10.0. The predicted molar refractivity (Wildman–Crippen MR) is 71.6 cm³/mol. The SMILES string of the molecule is Cc1ccc(-c2c(Cl)cc(Cl)cc2Cl)cc1. The van der Waals surface area contributed by atoms with E-state index in [4.69, 9.17) is 34.8 Å². The molecule has 0 fully saturated rings. The number of aryl methyl sites for hydroxylation is 1. The number of rotatable bonds is 1. The van der Waals surface area contributed by atoms with Gasteiger partial charge >= 0.3 is 0 Å². The Balaban J connectivity index is 2.60. The topological polar surface area (TPSA) is 0 Å².